The normalized spacial score (nSPS) is 20.9. The Balaban J connectivity index is 1.83. The van der Waals surface area contributed by atoms with Crippen LogP contribution in [0.1, 0.15) is 50.6 Å². The molecule has 0 radical (unpaired) electrons. The van der Waals surface area contributed by atoms with Crippen molar-refractivity contribution in [1.82, 2.24) is 5.32 Å². The van der Waals surface area contributed by atoms with Gasteiger partial charge in [-0.25, -0.2) is 0 Å². The molecule has 2 atom stereocenters. The molecule has 1 heterocycles. The van der Waals surface area contributed by atoms with E-state index in [1.54, 1.807) is 0 Å². The first-order chi connectivity index (χ1) is 9.70. The summed E-state index contributed by atoms with van der Waals surface area (Å²) in [5.74, 6) is 0. The van der Waals surface area contributed by atoms with Crippen LogP contribution in [0.3, 0.4) is 0 Å². The van der Waals surface area contributed by atoms with E-state index in [1.165, 1.54) is 24.8 Å². The van der Waals surface area contributed by atoms with E-state index in [2.05, 4.69) is 12.2 Å². The second kappa shape index (κ2) is 8.23. The summed E-state index contributed by atoms with van der Waals surface area (Å²) in [5, 5.41) is 4.83. The highest BCUT2D eigenvalue weighted by Crippen LogP contribution is 2.27. The Morgan fingerprint density at radius 1 is 1.30 bits per heavy atom. The molecule has 0 saturated carbocycles. The molecule has 112 valence electrons. The van der Waals surface area contributed by atoms with Crippen LogP contribution in [0.4, 0.5) is 0 Å². The van der Waals surface area contributed by atoms with E-state index in [9.17, 15) is 0 Å². The lowest BCUT2D eigenvalue weighted by Crippen LogP contribution is -2.27. The van der Waals surface area contributed by atoms with Gasteiger partial charge in [-0.3, -0.25) is 0 Å². The molecule has 1 aromatic rings. The third-order valence-corrected chi connectivity index (χ3v) is 4.62. The summed E-state index contributed by atoms with van der Waals surface area (Å²) in [7, 11) is 0. The van der Waals surface area contributed by atoms with Crippen molar-refractivity contribution in [3.8, 4) is 0 Å². The number of nitrogens with one attached hydrogen (secondary N) is 1. The molecule has 0 bridgehead atoms. The highest BCUT2D eigenvalue weighted by molar-refractivity contribution is 6.42. The van der Waals surface area contributed by atoms with Crippen molar-refractivity contribution in [3.63, 3.8) is 0 Å². The van der Waals surface area contributed by atoms with E-state index in [-0.39, 0.29) is 0 Å². The van der Waals surface area contributed by atoms with Crippen LogP contribution < -0.4 is 5.32 Å². The van der Waals surface area contributed by atoms with Gasteiger partial charge in [-0.15, -0.1) is 0 Å². The molecule has 0 aromatic heterocycles. The van der Waals surface area contributed by atoms with Crippen LogP contribution in [-0.4, -0.2) is 19.3 Å². The summed E-state index contributed by atoms with van der Waals surface area (Å²) in [6.07, 6.45) is 6.26. The minimum Gasteiger partial charge on any atom is -0.378 e. The number of halogens is 2. The van der Waals surface area contributed by atoms with Crippen LogP contribution >= 0.6 is 23.2 Å². The minimum absolute atomic E-state index is 0.327. The molecular weight excluding hydrogens is 293 g/mol. The number of rotatable bonds is 6. The van der Waals surface area contributed by atoms with Crippen molar-refractivity contribution in [2.75, 3.05) is 13.2 Å². The van der Waals surface area contributed by atoms with Crippen LogP contribution in [0, 0.1) is 0 Å². The zero-order chi connectivity index (χ0) is 14.4. The van der Waals surface area contributed by atoms with Crippen LogP contribution in [0.5, 0.6) is 0 Å². The van der Waals surface area contributed by atoms with Gasteiger partial charge in [0.15, 0.2) is 0 Å². The van der Waals surface area contributed by atoms with Crippen LogP contribution in [-0.2, 0) is 4.74 Å². The van der Waals surface area contributed by atoms with Gasteiger partial charge in [0.25, 0.3) is 0 Å². The summed E-state index contributed by atoms with van der Waals surface area (Å²) in [4.78, 5) is 0. The first-order valence-electron chi connectivity index (χ1n) is 7.50. The van der Waals surface area contributed by atoms with Crippen LogP contribution in [0.25, 0.3) is 0 Å². The molecule has 2 nitrogen and oxygen atoms in total. The predicted molar refractivity (Wildman–Crippen MR) is 85.7 cm³/mol. The van der Waals surface area contributed by atoms with Gasteiger partial charge >= 0.3 is 0 Å². The van der Waals surface area contributed by atoms with Gasteiger partial charge in [0, 0.05) is 12.6 Å². The largest absolute Gasteiger partial charge is 0.378 e. The maximum atomic E-state index is 6.09. The van der Waals surface area contributed by atoms with Crippen molar-refractivity contribution in [1.29, 1.82) is 0 Å². The molecule has 1 fully saturated rings. The van der Waals surface area contributed by atoms with Gasteiger partial charge in [0.2, 0.25) is 0 Å². The molecule has 1 aliphatic heterocycles. The summed E-state index contributed by atoms with van der Waals surface area (Å²) < 4.78 is 5.76. The Bertz CT molecular complexity index is 419. The van der Waals surface area contributed by atoms with Gasteiger partial charge in [-0.1, -0.05) is 36.2 Å². The Labute approximate surface area is 131 Å². The average Bonchev–Trinajstić information content (AvgIpc) is 2.48. The first kappa shape index (κ1) is 16.1. The van der Waals surface area contributed by atoms with Crippen LogP contribution in [0.2, 0.25) is 10.0 Å². The van der Waals surface area contributed by atoms with Gasteiger partial charge in [-0.05, 0) is 56.3 Å². The lowest BCUT2D eigenvalue weighted by Gasteiger charge is -2.24. The molecule has 0 aliphatic carbocycles. The Kier molecular flexibility index (Phi) is 6.63. The van der Waals surface area contributed by atoms with E-state index in [1.807, 2.05) is 18.2 Å². The SMILES string of the molecule is CCC(NCCC1CCCCO1)c1ccc(Cl)c(Cl)c1. The first-order valence-corrected chi connectivity index (χ1v) is 8.26. The third-order valence-electron chi connectivity index (χ3n) is 3.89. The zero-order valence-corrected chi connectivity index (χ0v) is 13.5. The Morgan fingerprint density at radius 3 is 2.80 bits per heavy atom. The van der Waals surface area contributed by atoms with Gasteiger partial charge < -0.3 is 10.1 Å². The van der Waals surface area contributed by atoms with Gasteiger partial charge in [-0.2, -0.15) is 0 Å². The number of hydrogen-bond donors (Lipinski definition) is 1. The van der Waals surface area contributed by atoms with E-state index < -0.39 is 0 Å². The lowest BCUT2D eigenvalue weighted by molar-refractivity contribution is 0.0112. The summed E-state index contributed by atoms with van der Waals surface area (Å²) >= 11 is 12.1. The second-order valence-corrected chi connectivity index (χ2v) is 6.18. The fourth-order valence-corrected chi connectivity index (χ4v) is 2.99. The van der Waals surface area contributed by atoms with Gasteiger partial charge in [0.05, 0.1) is 16.1 Å². The molecule has 1 aromatic carbocycles. The molecule has 20 heavy (non-hydrogen) atoms. The molecular formula is C16H23Cl2NO. The summed E-state index contributed by atoms with van der Waals surface area (Å²) in [6.45, 7) is 4.08. The average molecular weight is 316 g/mol. The van der Waals surface area contributed by atoms with Gasteiger partial charge in [0.1, 0.15) is 0 Å². The van der Waals surface area contributed by atoms with E-state index in [0.717, 1.165) is 26.0 Å². The van der Waals surface area contributed by atoms with E-state index in [0.29, 0.717) is 22.2 Å². The monoisotopic (exact) mass is 315 g/mol. The third kappa shape index (κ3) is 4.63. The highest BCUT2D eigenvalue weighted by Gasteiger charge is 2.15. The fraction of sp³-hybridized carbons (Fsp3) is 0.625. The summed E-state index contributed by atoms with van der Waals surface area (Å²) in [5.41, 5.74) is 1.20. The smallest absolute Gasteiger partial charge is 0.0595 e. The van der Waals surface area contributed by atoms with Crippen molar-refractivity contribution in [2.24, 2.45) is 0 Å². The maximum Gasteiger partial charge on any atom is 0.0595 e. The van der Waals surface area contributed by atoms with Crippen molar-refractivity contribution in [2.45, 2.75) is 51.2 Å². The predicted octanol–water partition coefficient (Wildman–Crippen LogP) is 4.99. The zero-order valence-electron chi connectivity index (χ0n) is 12.0. The van der Waals surface area contributed by atoms with E-state index >= 15 is 0 Å². The van der Waals surface area contributed by atoms with Crippen LogP contribution in [0.15, 0.2) is 18.2 Å². The standard InChI is InChI=1S/C16H23Cl2NO/c1-2-16(12-6-7-14(17)15(18)11-12)19-9-8-13-5-3-4-10-20-13/h6-7,11,13,16,19H,2-5,8-10H2,1H3. The van der Waals surface area contributed by atoms with Crippen molar-refractivity contribution in [3.05, 3.63) is 33.8 Å². The number of benzene rings is 1. The number of ether oxygens (including phenoxy) is 1. The quantitative estimate of drug-likeness (QED) is 0.798. The Hall–Kier alpha value is -0.280. The molecule has 0 spiro atoms. The van der Waals surface area contributed by atoms with Crippen molar-refractivity contribution >= 4 is 23.2 Å². The fourth-order valence-electron chi connectivity index (χ4n) is 2.68. The number of hydrogen-bond acceptors (Lipinski definition) is 2. The Morgan fingerprint density at radius 2 is 2.15 bits per heavy atom. The molecule has 1 aliphatic rings. The lowest BCUT2D eigenvalue weighted by atomic mass is 10.0. The summed E-state index contributed by atoms with van der Waals surface area (Å²) in [6, 6.07) is 6.20. The molecule has 2 rings (SSSR count). The molecule has 0 amide bonds. The molecule has 2 unspecified atom stereocenters. The van der Waals surface area contributed by atoms with E-state index in [4.69, 9.17) is 27.9 Å². The highest BCUT2D eigenvalue weighted by atomic mass is 35.5. The molecule has 4 heteroatoms. The minimum atomic E-state index is 0.327. The topological polar surface area (TPSA) is 21.3 Å². The molecule has 1 N–H and O–H groups in total. The maximum absolute atomic E-state index is 6.09. The van der Waals surface area contributed by atoms with Crippen molar-refractivity contribution < 1.29 is 4.74 Å². The second-order valence-electron chi connectivity index (χ2n) is 5.37. The molecule has 1 saturated heterocycles.